The highest BCUT2D eigenvalue weighted by atomic mass is 15.1. The Hall–Kier alpha value is -1.35. The number of nitrogens with two attached hydrogens (primary N) is 1. The van der Waals surface area contributed by atoms with Gasteiger partial charge in [-0.3, -0.25) is 4.99 Å². The van der Waals surface area contributed by atoms with E-state index in [-0.39, 0.29) is 0 Å². The van der Waals surface area contributed by atoms with E-state index in [0.717, 1.165) is 16.9 Å². The largest absolute Gasteiger partial charge is 0.376 e. The molecule has 0 bridgehead atoms. The number of benzene rings is 1. The maximum Gasteiger partial charge on any atom is 0.0858 e. The molecule has 0 spiro atoms. The summed E-state index contributed by atoms with van der Waals surface area (Å²) < 4.78 is 0. The zero-order valence-corrected chi connectivity index (χ0v) is 8.12. The topological polar surface area (TPSA) is 41.6 Å². The highest BCUT2D eigenvalue weighted by Crippen LogP contribution is 2.27. The van der Waals surface area contributed by atoms with Crippen LogP contribution in [0.3, 0.4) is 0 Å². The van der Waals surface area contributed by atoms with Crippen LogP contribution in [0.2, 0.25) is 0 Å². The molecule has 0 fully saturated rings. The van der Waals surface area contributed by atoms with Crippen LogP contribution in [0.1, 0.15) is 5.56 Å². The monoisotopic (exact) mass is 177 g/mol. The molecule has 1 rings (SSSR count). The molecule has 0 heterocycles. The molecule has 0 saturated heterocycles. The van der Waals surface area contributed by atoms with Crippen LogP contribution in [-0.2, 0) is 6.54 Å². The quantitative estimate of drug-likeness (QED) is 0.712. The van der Waals surface area contributed by atoms with E-state index in [4.69, 9.17) is 5.73 Å². The van der Waals surface area contributed by atoms with Crippen LogP contribution in [0, 0.1) is 0 Å². The molecule has 0 aromatic heterocycles. The first-order chi connectivity index (χ1) is 6.19. The molecular weight excluding hydrogens is 162 g/mol. The van der Waals surface area contributed by atoms with Gasteiger partial charge >= 0.3 is 0 Å². The summed E-state index contributed by atoms with van der Waals surface area (Å²) in [6.07, 6.45) is 0. The predicted octanol–water partition coefficient (Wildman–Crippen LogP) is 1.54. The second-order valence-electron chi connectivity index (χ2n) is 3.08. The highest BCUT2D eigenvalue weighted by molar-refractivity contribution is 5.69. The van der Waals surface area contributed by atoms with Gasteiger partial charge < -0.3 is 10.6 Å². The lowest BCUT2D eigenvalue weighted by Crippen LogP contribution is -2.09. The first-order valence-electron chi connectivity index (χ1n) is 4.16. The van der Waals surface area contributed by atoms with Crippen LogP contribution in [0.4, 0.5) is 11.4 Å². The van der Waals surface area contributed by atoms with Gasteiger partial charge in [-0.1, -0.05) is 6.07 Å². The van der Waals surface area contributed by atoms with E-state index >= 15 is 0 Å². The first-order valence-corrected chi connectivity index (χ1v) is 4.16. The Morgan fingerprint density at radius 2 is 2.15 bits per heavy atom. The van der Waals surface area contributed by atoms with Crippen molar-refractivity contribution in [3.63, 3.8) is 0 Å². The van der Waals surface area contributed by atoms with Crippen molar-refractivity contribution in [3.05, 3.63) is 23.8 Å². The van der Waals surface area contributed by atoms with Crippen LogP contribution in [0.15, 0.2) is 23.2 Å². The highest BCUT2D eigenvalue weighted by Gasteiger charge is 2.02. The van der Waals surface area contributed by atoms with Crippen molar-refractivity contribution >= 4 is 18.1 Å². The van der Waals surface area contributed by atoms with Crippen LogP contribution in [0.25, 0.3) is 0 Å². The molecule has 13 heavy (non-hydrogen) atoms. The van der Waals surface area contributed by atoms with Crippen LogP contribution < -0.4 is 10.6 Å². The van der Waals surface area contributed by atoms with Gasteiger partial charge in [0.05, 0.1) is 11.4 Å². The number of anilines is 1. The minimum absolute atomic E-state index is 0.538. The van der Waals surface area contributed by atoms with Crippen molar-refractivity contribution in [1.82, 2.24) is 0 Å². The van der Waals surface area contributed by atoms with Gasteiger partial charge in [0.15, 0.2) is 0 Å². The summed E-state index contributed by atoms with van der Waals surface area (Å²) in [4.78, 5) is 5.96. The number of rotatable bonds is 3. The number of nitrogens with zero attached hydrogens (tertiary/aromatic N) is 2. The average Bonchev–Trinajstić information content (AvgIpc) is 2.16. The van der Waals surface area contributed by atoms with E-state index in [2.05, 4.69) is 11.7 Å². The molecule has 0 radical (unpaired) electrons. The number of hydrogen-bond donors (Lipinski definition) is 1. The zero-order chi connectivity index (χ0) is 9.84. The summed E-state index contributed by atoms with van der Waals surface area (Å²) in [5.74, 6) is 0. The van der Waals surface area contributed by atoms with Crippen LogP contribution in [-0.4, -0.2) is 20.8 Å². The maximum absolute atomic E-state index is 5.52. The van der Waals surface area contributed by atoms with Crippen LogP contribution in [0.5, 0.6) is 0 Å². The molecule has 0 unspecified atom stereocenters. The Labute approximate surface area is 78.9 Å². The minimum atomic E-state index is 0.538. The van der Waals surface area contributed by atoms with Gasteiger partial charge in [0, 0.05) is 20.6 Å². The molecule has 0 saturated carbocycles. The summed E-state index contributed by atoms with van der Waals surface area (Å²) in [5.41, 5.74) is 8.55. The van der Waals surface area contributed by atoms with Gasteiger partial charge in [0.25, 0.3) is 0 Å². The van der Waals surface area contributed by atoms with Crippen LogP contribution >= 0.6 is 0 Å². The van der Waals surface area contributed by atoms with E-state index in [1.165, 1.54) is 0 Å². The molecule has 2 N–H and O–H groups in total. The lowest BCUT2D eigenvalue weighted by molar-refractivity contribution is 1.06. The van der Waals surface area contributed by atoms with Crippen molar-refractivity contribution in [2.24, 2.45) is 10.7 Å². The van der Waals surface area contributed by atoms with Gasteiger partial charge in [0.1, 0.15) is 0 Å². The third-order valence-corrected chi connectivity index (χ3v) is 1.93. The molecule has 1 aromatic carbocycles. The summed E-state index contributed by atoms with van der Waals surface area (Å²) in [5, 5.41) is 0. The van der Waals surface area contributed by atoms with E-state index in [1.54, 1.807) is 0 Å². The molecule has 0 aliphatic carbocycles. The fourth-order valence-electron chi connectivity index (χ4n) is 1.20. The Bertz CT molecular complexity index is 305. The fourth-order valence-corrected chi connectivity index (χ4v) is 1.20. The molecule has 3 heteroatoms. The summed E-state index contributed by atoms with van der Waals surface area (Å²) in [7, 11) is 3.96. The molecule has 0 atom stereocenters. The predicted molar refractivity (Wildman–Crippen MR) is 57.9 cm³/mol. The summed E-state index contributed by atoms with van der Waals surface area (Å²) in [6.45, 7) is 4.07. The standard InChI is InChI=1S/C10H15N3/c1-12-9-6-8(7-11)4-5-10(9)13(2)3/h4-6H,1,7,11H2,2-3H3. The second-order valence-corrected chi connectivity index (χ2v) is 3.08. The second kappa shape index (κ2) is 4.05. The maximum atomic E-state index is 5.52. The Morgan fingerprint density at radius 1 is 1.46 bits per heavy atom. The molecule has 1 aromatic rings. The summed E-state index contributed by atoms with van der Waals surface area (Å²) in [6, 6.07) is 5.97. The Balaban J connectivity index is 3.15. The fraction of sp³-hybridized carbons (Fsp3) is 0.300. The molecule has 70 valence electrons. The lowest BCUT2D eigenvalue weighted by Gasteiger charge is -2.15. The van der Waals surface area contributed by atoms with Crippen molar-refractivity contribution in [2.75, 3.05) is 19.0 Å². The van der Waals surface area contributed by atoms with E-state index in [0.29, 0.717) is 6.54 Å². The molecule has 3 nitrogen and oxygen atoms in total. The Kier molecular flexibility index (Phi) is 3.03. The molecular formula is C10H15N3. The molecule has 0 amide bonds. The molecule has 0 aliphatic rings. The van der Waals surface area contributed by atoms with Crippen molar-refractivity contribution < 1.29 is 0 Å². The number of aliphatic imine (C=N–C) groups is 1. The summed E-state index contributed by atoms with van der Waals surface area (Å²) >= 11 is 0. The van der Waals surface area contributed by atoms with Gasteiger partial charge in [-0.05, 0) is 24.4 Å². The minimum Gasteiger partial charge on any atom is -0.376 e. The molecule has 0 aliphatic heterocycles. The van der Waals surface area contributed by atoms with E-state index in [9.17, 15) is 0 Å². The van der Waals surface area contributed by atoms with Crippen molar-refractivity contribution in [3.8, 4) is 0 Å². The van der Waals surface area contributed by atoms with E-state index < -0.39 is 0 Å². The Morgan fingerprint density at radius 3 is 2.62 bits per heavy atom. The van der Waals surface area contributed by atoms with E-state index in [1.807, 2.05) is 37.2 Å². The first kappa shape index (κ1) is 9.74. The van der Waals surface area contributed by atoms with Gasteiger partial charge in [0.2, 0.25) is 0 Å². The third-order valence-electron chi connectivity index (χ3n) is 1.93. The smallest absolute Gasteiger partial charge is 0.0858 e. The third kappa shape index (κ3) is 2.06. The van der Waals surface area contributed by atoms with Gasteiger partial charge in [-0.25, -0.2) is 0 Å². The van der Waals surface area contributed by atoms with Crippen molar-refractivity contribution in [2.45, 2.75) is 6.54 Å². The van der Waals surface area contributed by atoms with Crippen molar-refractivity contribution in [1.29, 1.82) is 0 Å². The lowest BCUT2D eigenvalue weighted by atomic mass is 10.1. The SMILES string of the molecule is C=Nc1cc(CN)ccc1N(C)C. The average molecular weight is 177 g/mol. The zero-order valence-electron chi connectivity index (χ0n) is 8.12. The normalized spacial score (nSPS) is 9.77. The van der Waals surface area contributed by atoms with Gasteiger partial charge in [-0.2, -0.15) is 0 Å². The van der Waals surface area contributed by atoms with Gasteiger partial charge in [-0.15, -0.1) is 0 Å². The number of hydrogen-bond acceptors (Lipinski definition) is 3.